The fourth-order valence-electron chi connectivity index (χ4n) is 2.20. The maximum Gasteiger partial charge on any atom is 0.416 e. The van der Waals surface area contributed by atoms with Crippen LogP contribution in [0.4, 0.5) is 13.2 Å². The SMILES string of the molecule is COc1ccccc1CNC[C@H](O)c1ccc(C(F)(F)F)cc1. The van der Waals surface area contributed by atoms with E-state index < -0.39 is 17.8 Å². The van der Waals surface area contributed by atoms with Gasteiger partial charge in [0.2, 0.25) is 0 Å². The van der Waals surface area contributed by atoms with Gasteiger partial charge in [-0.2, -0.15) is 13.2 Å². The average molecular weight is 325 g/mol. The highest BCUT2D eigenvalue weighted by molar-refractivity contribution is 5.33. The van der Waals surface area contributed by atoms with E-state index in [1.165, 1.54) is 12.1 Å². The van der Waals surface area contributed by atoms with Crippen LogP contribution in [0.5, 0.6) is 5.75 Å². The molecule has 0 aliphatic carbocycles. The molecule has 0 amide bonds. The molecular formula is C17H18F3NO2. The second-order valence-corrected chi connectivity index (χ2v) is 5.08. The predicted molar refractivity (Wildman–Crippen MR) is 81.1 cm³/mol. The lowest BCUT2D eigenvalue weighted by Crippen LogP contribution is -2.21. The van der Waals surface area contributed by atoms with E-state index in [-0.39, 0.29) is 6.54 Å². The summed E-state index contributed by atoms with van der Waals surface area (Å²) < 4.78 is 42.7. The number of para-hydroxylation sites is 1. The number of alkyl halides is 3. The minimum absolute atomic E-state index is 0.226. The molecule has 1 atom stereocenters. The van der Waals surface area contributed by atoms with Crippen molar-refractivity contribution in [3.63, 3.8) is 0 Å². The zero-order chi connectivity index (χ0) is 16.9. The van der Waals surface area contributed by atoms with Gasteiger partial charge in [0.25, 0.3) is 0 Å². The molecule has 3 nitrogen and oxygen atoms in total. The van der Waals surface area contributed by atoms with Crippen molar-refractivity contribution in [2.45, 2.75) is 18.8 Å². The van der Waals surface area contributed by atoms with Gasteiger partial charge < -0.3 is 15.2 Å². The van der Waals surface area contributed by atoms with Crippen LogP contribution in [-0.4, -0.2) is 18.8 Å². The molecule has 0 saturated heterocycles. The third kappa shape index (κ3) is 4.71. The topological polar surface area (TPSA) is 41.5 Å². The number of benzene rings is 2. The molecule has 0 aromatic heterocycles. The van der Waals surface area contributed by atoms with E-state index in [0.717, 1.165) is 23.4 Å². The Balaban J connectivity index is 1.91. The van der Waals surface area contributed by atoms with Crippen molar-refractivity contribution in [2.75, 3.05) is 13.7 Å². The molecule has 0 spiro atoms. The van der Waals surface area contributed by atoms with E-state index in [9.17, 15) is 18.3 Å². The van der Waals surface area contributed by atoms with Gasteiger partial charge in [0.05, 0.1) is 18.8 Å². The van der Waals surface area contributed by atoms with E-state index in [0.29, 0.717) is 12.1 Å². The number of aliphatic hydroxyl groups excluding tert-OH is 1. The number of hydrogen-bond donors (Lipinski definition) is 2. The number of hydrogen-bond acceptors (Lipinski definition) is 3. The smallest absolute Gasteiger partial charge is 0.416 e. The van der Waals surface area contributed by atoms with E-state index >= 15 is 0 Å². The third-order valence-corrected chi connectivity index (χ3v) is 3.47. The first-order valence-corrected chi connectivity index (χ1v) is 7.09. The van der Waals surface area contributed by atoms with Crippen LogP contribution >= 0.6 is 0 Å². The molecule has 6 heteroatoms. The molecule has 0 heterocycles. The van der Waals surface area contributed by atoms with Crippen molar-refractivity contribution in [3.05, 3.63) is 65.2 Å². The van der Waals surface area contributed by atoms with Gasteiger partial charge in [-0.25, -0.2) is 0 Å². The lowest BCUT2D eigenvalue weighted by atomic mass is 10.1. The molecule has 2 rings (SSSR count). The first-order chi connectivity index (χ1) is 10.9. The molecule has 2 aromatic rings. The van der Waals surface area contributed by atoms with Gasteiger partial charge in [-0.1, -0.05) is 30.3 Å². The van der Waals surface area contributed by atoms with Crippen LogP contribution in [0.1, 0.15) is 22.8 Å². The summed E-state index contributed by atoms with van der Waals surface area (Å²) >= 11 is 0. The normalized spacial score (nSPS) is 12.9. The fraction of sp³-hybridized carbons (Fsp3) is 0.294. The minimum Gasteiger partial charge on any atom is -0.496 e. The number of nitrogens with one attached hydrogen (secondary N) is 1. The van der Waals surface area contributed by atoms with Crippen LogP contribution in [0, 0.1) is 0 Å². The Labute approximate surface area is 132 Å². The maximum atomic E-state index is 12.5. The summed E-state index contributed by atoms with van der Waals surface area (Å²) in [5.41, 5.74) is 0.649. The summed E-state index contributed by atoms with van der Waals surface area (Å²) in [5, 5.41) is 13.1. The summed E-state index contributed by atoms with van der Waals surface area (Å²) in [7, 11) is 1.58. The second kappa shape index (κ2) is 7.48. The molecule has 0 fully saturated rings. The highest BCUT2D eigenvalue weighted by Crippen LogP contribution is 2.29. The summed E-state index contributed by atoms with van der Waals surface area (Å²) in [4.78, 5) is 0. The Morgan fingerprint density at radius 3 is 2.35 bits per heavy atom. The quantitative estimate of drug-likeness (QED) is 0.854. The number of halogens is 3. The van der Waals surface area contributed by atoms with Gasteiger partial charge >= 0.3 is 6.18 Å². The summed E-state index contributed by atoms with van der Waals surface area (Å²) in [6.07, 6.45) is -5.25. The van der Waals surface area contributed by atoms with Gasteiger partial charge in [-0.3, -0.25) is 0 Å². The lowest BCUT2D eigenvalue weighted by Gasteiger charge is -2.14. The molecule has 124 valence electrons. The van der Waals surface area contributed by atoms with Gasteiger partial charge in [-0.05, 0) is 23.8 Å². The number of rotatable bonds is 6. The Morgan fingerprint density at radius 1 is 1.09 bits per heavy atom. The van der Waals surface area contributed by atoms with Crippen LogP contribution in [0.25, 0.3) is 0 Å². The zero-order valence-electron chi connectivity index (χ0n) is 12.6. The van der Waals surface area contributed by atoms with Crippen molar-refractivity contribution in [1.29, 1.82) is 0 Å². The van der Waals surface area contributed by atoms with Crippen LogP contribution in [-0.2, 0) is 12.7 Å². The predicted octanol–water partition coefficient (Wildman–Crippen LogP) is 3.54. The monoisotopic (exact) mass is 325 g/mol. The molecule has 0 aliphatic rings. The molecular weight excluding hydrogens is 307 g/mol. The first kappa shape index (κ1) is 17.3. The highest BCUT2D eigenvalue weighted by Gasteiger charge is 2.30. The Morgan fingerprint density at radius 2 is 1.74 bits per heavy atom. The van der Waals surface area contributed by atoms with Crippen molar-refractivity contribution in [1.82, 2.24) is 5.32 Å². The average Bonchev–Trinajstić information content (AvgIpc) is 2.54. The Hall–Kier alpha value is -2.05. The Bertz CT molecular complexity index is 626. The standard InChI is InChI=1S/C17H18F3NO2/c1-23-16-5-3-2-4-13(16)10-21-11-15(22)12-6-8-14(9-7-12)17(18,19)20/h2-9,15,21-22H,10-11H2,1H3/t15-/m0/s1. The van der Waals surface area contributed by atoms with Gasteiger partial charge in [0.15, 0.2) is 0 Å². The van der Waals surface area contributed by atoms with Crippen LogP contribution < -0.4 is 10.1 Å². The molecule has 0 radical (unpaired) electrons. The third-order valence-electron chi connectivity index (χ3n) is 3.47. The van der Waals surface area contributed by atoms with Crippen LogP contribution in [0.15, 0.2) is 48.5 Å². The van der Waals surface area contributed by atoms with E-state index in [1.54, 1.807) is 7.11 Å². The molecule has 2 aromatic carbocycles. The summed E-state index contributed by atoms with van der Waals surface area (Å²) in [5.74, 6) is 0.740. The number of ether oxygens (including phenoxy) is 1. The maximum absolute atomic E-state index is 12.5. The van der Waals surface area contributed by atoms with E-state index in [1.807, 2.05) is 24.3 Å². The molecule has 2 N–H and O–H groups in total. The Kier molecular flexibility index (Phi) is 5.63. The van der Waals surface area contributed by atoms with Crippen LogP contribution in [0.3, 0.4) is 0 Å². The number of methoxy groups -OCH3 is 1. The van der Waals surface area contributed by atoms with Crippen molar-refractivity contribution >= 4 is 0 Å². The highest BCUT2D eigenvalue weighted by atomic mass is 19.4. The van der Waals surface area contributed by atoms with Crippen LogP contribution in [0.2, 0.25) is 0 Å². The summed E-state index contributed by atoms with van der Waals surface area (Å²) in [6.45, 7) is 0.713. The second-order valence-electron chi connectivity index (χ2n) is 5.08. The molecule has 23 heavy (non-hydrogen) atoms. The van der Waals surface area contributed by atoms with E-state index in [4.69, 9.17) is 4.74 Å². The lowest BCUT2D eigenvalue weighted by molar-refractivity contribution is -0.137. The molecule has 0 unspecified atom stereocenters. The van der Waals surface area contributed by atoms with Crippen molar-refractivity contribution < 1.29 is 23.0 Å². The molecule has 0 saturated carbocycles. The first-order valence-electron chi connectivity index (χ1n) is 7.09. The van der Waals surface area contributed by atoms with Crippen molar-refractivity contribution in [2.24, 2.45) is 0 Å². The zero-order valence-corrected chi connectivity index (χ0v) is 12.6. The minimum atomic E-state index is -4.37. The van der Waals surface area contributed by atoms with E-state index in [2.05, 4.69) is 5.32 Å². The van der Waals surface area contributed by atoms with Gasteiger partial charge in [-0.15, -0.1) is 0 Å². The summed E-state index contributed by atoms with van der Waals surface area (Å²) in [6, 6.07) is 12.0. The number of aliphatic hydroxyl groups is 1. The molecule has 0 bridgehead atoms. The van der Waals surface area contributed by atoms with Gasteiger partial charge in [0.1, 0.15) is 5.75 Å². The molecule has 0 aliphatic heterocycles. The van der Waals surface area contributed by atoms with Gasteiger partial charge in [0, 0.05) is 18.7 Å². The fourth-order valence-corrected chi connectivity index (χ4v) is 2.20. The van der Waals surface area contributed by atoms with Crippen molar-refractivity contribution in [3.8, 4) is 5.75 Å². The largest absolute Gasteiger partial charge is 0.496 e.